The second-order valence-electron chi connectivity index (χ2n) is 7.09. The molecule has 3 aliphatic rings. The number of phenolic OH excluding ortho intramolecular Hbond substituents is 3. The van der Waals surface area contributed by atoms with Crippen LogP contribution in [0, 0.1) is 0 Å². The molecule has 2 unspecified atom stereocenters. The fourth-order valence-corrected chi connectivity index (χ4v) is 4.60. The zero-order chi connectivity index (χ0) is 16.6. The smallest absolute Gasteiger partial charge is 0.219 e. The van der Waals surface area contributed by atoms with Gasteiger partial charge in [-0.3, -0.25) is 0 Å². The molecular weight excluding hydrogens is 308 g/mol. The molecule has 124 valence electrons. The Morgan fingerprint density at radius 2 is 1.83 bits per heavy atom. The quantitative estimate of drug-likeness (QED) is 0.558. The van der Waals surface area contributed by atoms with Crippen molar-refractivity contribution in [2.75, 3.05) is 0 Å². The summed E-state index contributed by atoms with van der Waals surface area (Å²) in [7, 11) is 0. The van der Waals surface area contributed by atoms with E-state index in [-0.39, 0.29) is 29.6 Å². The monoisotopic (exact) mass is 326 g/mol. The van der Waals surface area contributed by atoms with Crippen LogP contribution in [0.3, 0.4) is 0 Å². The molecule has 5 rings (SSSR count). The van der Waals surface area contributed by atoms with Gasteiger partial charge in [0.25, 0.3) is 0 Å². The van der Waals surface area contributed by atoms with Gasteiger partial charge in [-0.2, -0.15) is 0 Å². The highest BCUT2D eigenvalue weighted by atomic mass is 16.6. The standard InChI is InChI=1S/C19H18O5/c20-14-5-4-10-7-13-15-11(6-9-2-1-3-12(9)16(15)21)8-19(13,23)24-18(10)17(14)22/h4-6,13,20-23H,1-3,7-8H2. The van der Waals surface area contributed by atoms with Crippen molar-refractivity contribution in [1.29, 1.82) is 0 Å². The van der Waals surface area contributed by atoms with Crippen molar-refractivity contribution >= 4 is 0 Å². The van der Waals surface area contributed by atoms with Crippen LogP contribution in [0.2, 0.25) is 0 Å². The molecule has 5 nitrogen and oxygen atoms in total. The van der Waals surface area contributed by atoms with Gasteiger partial charge in [0.05, 0.1) is 5.92 Å². The summed E-state index contributed by atoms with van der Waals surface area (Å²) < 4.78 is 5.76. The highest BCUT2D eigenvalue weighted by Crippen LogP contribution is 2.55. The van der Waals surface area contributed by atoms with Gasteiger partial charge in [0.1, 0.15) is 5.75 Å². The number of fused-ring (bicyclic) bond motifs is 5. The van der Waals surface area contributed by atoms with E-state index in [2.05, 4.69) is 6.07 Å². The molecule has 0 spiro atoms. The molecule has 2 atom stereocenters. The van der Waals surface area contributed by atoms with Gasteiger partial charge in [-0.15, -0.1) is 0 Å². The Hall–Kier alpha value is -2.40. The molecule has 0 fully saturated rings. The molecule has 0 aromatic heterocycles. The molecule has 2 aliphatic carbocycles. The molecule has 0 saturated heterocycles. The van der Waals surface area contributed by atoms with E-state index < -0.39 is 5.79 Å². The van der Waals surface area contributed by atoms with Crippen molar-refractivity contribution in [3.63, 3.8) is 0 Å². The van der Waals surface area contributed by atoms with Crippen molar-refractivity contribution in [3.05, 3.63) is 46.0 Å². The Morgan fingerprint density at radius 3 is 2.67 bits per heavy atom. The average Bonchev–Trinajstić information content (AvgIpc) is 3.11. The van der Waals surface area contributed by atoms with Crippen molar-refractivity contribution < 1.29 is 25.2 Å². The molecule has 1 aliphatic heterocycles. The van der Waals surface area contributed by atoms with Gasteiger partial charge in [-0.1, -0.05) is 12.1 Å². The summed E-state index contributed by atoms with van der Waals surface area (Å²) in [5, 5.41) is 41.6. The molecule has 1 heterocycles. The third-order valence-corrected chi connectivity index (χ3v) is 5.73. The van der Waals surface area contributed by atoms with Crippen molar-refractivity contribution in [3.8, 4) is 23.0 Å². The van der Waals surface area contributed by atoms with Gasteiger partial charge in [-0.25, -0.2) is 0 Å². The average molecular weight is 326 g/mol. The molecule has 24 heavy (non-hydrogen) atoms. The Balaban J connectivity index is 1.67. The van der Waals surface area contributed by atoms with Crippen LogP contribution < -0.4 is 4.74 Å². The third-order valence-electron chi connectivity index (χ3n) is 5.73. The lowest BCUT2D eigenvalue weighted by molar-refractivity contribution is -0.156. The summed E-state index contributed by atoms with van der Waals surface area (Å²) in [5.41, 5.74) is 4.56. The van der Waals surface area contributed by atoms with Crippen LogP contribution in [-0.4, -0.2) is 26.2 Å². The first-order valence-electron chi connectivity index (χ1n) is 8.29. The van der Waals surface area contributed by atoms with E-state index in [9.17, 15) is 20.4 Å². The maximum Gasteiger partial charge on any atom is 0.219 e. The molecule has 2 aromatic carbocycles. The van der Waals surface area contributed by atoms with Gasteiger partial charge >= 0.3 is 0 Å². The van der Waals surface area contributed by atoms with Gasteiger partial charge < -0.3 is 25.2 Å². The van der Waals surface area contributed by atoms with Crippen LogP contribution in [-0.2, 0) is 25.7 Å². The second kappa shape index (κ2) is 4.36. The van der Waals surface area contributed by atoms with Crippen LogP contribution >= 0.6 is 0 Å². The third kappa shape index (κ3) is 1.62. The minimum atomic E-state index is -1.51. The van der Waals surface area contributed by atoms with E-state index in [1.54, 1.807) is 6.07 Å². The van der Waals surface area contributed by atoms with Crippen molar-refractivity contribution in [2.24, 2.45) is 0 Å². The summed E-state index contributed by atoms with van der Waals surface area (Å²) >= 11 is 0. The highest BCUT2D eigenvalue weighted by Gasteiger charge is 2.52. The lowest BCUT2D eigenvalue weighted by atomic mass is 9.85. The Morgan fingerprint density at radius 1 is 1.00 bits per heavy atom. The summed E-state index contributed by atoms with van der Waals surface area (Å²) in [6, 6.07) is 5.19. The number of ether oxygens (including phenoxy) is 1. The first-order chi connectivity index (χ1) is 11.5. The fraction of sp³-hybridized carbons (Fsp3) is 0.368. The van der Waals surface area contributed by atoms with Crippen LogP contribution in [0.4, 0.5) is 0 Å². The first-order valence-corrected chi connectivity index (χ1v) is 8.29. The van der Waals surface area contributed by atoms with Gasteiger partial charge in [0, 0.05) is 12.0 Å². The Bertz CT molecular complexity index is 888. The molecule has 0 radical (unpaired) electrons. The zero-order valence-electron chi connectivity index (χ0n) is 13.0. The number of phenols is 3. The van der Waals surface area contributed by atoms with E-state index in [1.807, 2.05) is 0 Å². The number of rotatable bonds is 0. The number of hydrogen-bond donors (Lipinski definition) is 4. The van der Waals surface area contributed by atoms with E-state index in [0.29, 0.717) is 17.7 Å². The fourth-order valence-electron chi connectivity index (χ4n) is 4.60. The van der Waals surface area contributed by atoms with Gasteiger partial charge in [-0.05, 0) is 54.0 Å². The van der Waals surface area contributed by atoms with E-state index in [4.69, 9.17) is 4.74 Å². The Kier molecular flexibility index (Phi) is 2.54. The van der Waals surface area contributed by atoms with Crippen LogP contribution in [0.25, 0.3) is 0 Å². The SMILES string of the molecule is Oc1ccc2c(c1O)OC1(O)Cc3cc4c(c(O)c3C1C2)CCC4. The molecule has 2 aromatic rings. The van der Waals surface area contributed by atoms with Crippen LogP contribution in [0.15, 0.2) is 18.2 Å². The molecule has 0 saturated carbocycles. The highest BCUT2D eigenvalue weighted by molar-refractivity contribution is 5.61. The maximum atomic E-state index is 11.1. The predicted molar refractivity (Wildman–Crippen MR) is 85.6 cm³/mol. The molecule has 0 amide bonds. The summed E-state index contributed by atoms with van der Waals surface area (Å²) in [6.07, 6.45) is 3.58. The lowest BCUT2D eigenvalue weighted by Crippen LogP contribution is -2.44. The minimum absolute atomic E-state index is 0.133. The summed E-state index contributed by atoms with van der Waals surface area (Å²) in [5.74, 6) is -2.07. The molecule has 0 bridgehead atoms. The predicted octanol–water partition coefficient (Wildman–Crippen LogP) is 2.26. The largest absolute Gasteiger partial charge is 0.507 e. The number of aliphatic hydroxyl groups is 1. The minimum Gasteiger partial charge on any atom is -0.507 e. The lowest BCUT2D eigenvalue weighted by Gasteiger charge is -2.37. The topological polar surface area (TPSA) is 90.2 Å². The number of aryl methyl sites for hydroxylation is 1. The van der Waals surface area contributed by atoms with E-state index in [1.165, 1.54) is 6.07 Å². The molecule has 4 N–H and O–H groups in total. The number of hydrogen-bond acceptors (Lipinski definition) is 5. The molecule has 5 heteroatoms. The van der Waals surface area contributed by atoms with Gasteiger partial charge in [0.2, 0.25) is 11.5 Å². The zero-order valence-corrected chi connectivity index (χ0v) is 13.0. The molecular formula is C19H18O5. The van der Waals surface area contributed by atoms with Crippen molar-refractivity contribution in [1.82, 2.24) is 0 Å². The summed E-state index contributed by atoms with van der Waals surface area (Å²) in [6.45, 7) is 0. The van der Waals surface area contributed by atoms with Crippen LogP contribution in [0.5, 0.6) is 23.0 Å². The van der Waals surface area contributed by atoms with E-state index in [0.717, 1.165) is 41.5 Å². The summed E-state index contributed by atoms with van der Waals surface area (Å²) in [4.78, 5) is 0. The van der Waals surface area contributed by atoms with Crippen molar-refractivity contribution in [2.45, 2.75) is 43.8 Å². The Labute approximate surface area is 138 Å². The number of aromatic hydroxyl groups is 3. The van der Waals surface area contributed by atoms with E-state index >= 15 is 0 Å². The maximum absolute atomic E-state index is 11.1. The second-order valence-corrected chi connectivity index (χ2v) is 7.09. The van der Waals surface area contributed by atoms with Gasteiger partial charge in [0.15, 0.2) is 11.5 Å². The van der Waals surface area contributed by atoms with Crippen LogP contribution in [0.1, 0.15) is 40.2 Å². The normalized spacial score (nSPS) is 26.3. The first kappa shape index (κ1) is 14.0. The number of benzene rings is 2.